The van der Waals surface area contributed by atoms with Crippen LogP contribution in [0.25, 0.3) is 5.65 Å². The number of carbonyl (C=O) groups is 1. The zero-order valence-corrected chi connectivity index (χ0v) is 15.8. The molecule has 2 bridgehead atoms. The molecule has 158 valence electrons. The lowest BCUT2D eigenvalue weighted by Gasteiger charge is -2.33. The van der Waals surface area contributed by atoms with Gasteiger partial charge in [-0.3, -0.25) is 9.63 Å². The summed E-state index contributed by atoms with van der Waals surface area (Å²) in [6, 6.07) is 1.23. The van der Waals surface area contributed by atoms with E-state index in [2.05, 4.69) is 20.6 Å². The van der Waals surface area contributed by atoms with E-state index in [1.807, 2.05) is 0 Å². The number of allylic oxidation sites excluding steroid dienone is 1. The molecule has 5 rings (SSSR count). The van der Waals surface area contributed by atoms with Crippen molar-refractivity contribution in [1.29, 1.82) is 0 Å². The number of alkyl halides is 1. The van der Waals surface area contributed by atoms with Crippen molar-refractivity contribution in [3.05, 3.63) is 29.9 Å². The van der Waals surface area contributed by atoms with Gasteiger partial charge in [0.2, 0.25) is 0 Å². The van der Waals surface area contributed by atoms with Gasteiger partial charge in [-0.15, -0.1) is 5.10 Å². The number of nitrogens with two attached hydrogens (primary N) is 1. The molecule has 1 amide bonds. The third kappa shape index (κ3) is 3.12. The minimum atomic E-state index is -1.12. The molecular formula is C18H19F2N7O3. The van der Waals surface area contributed by atoms with Crippen LogP contribution < -0.4 is 16.1 Å². The van der Waals surface area contributed by atoms with Crippen molar-refractivity contribution >= 4 is 29.1 Å². The maximum atomic E-state index is 14.5. The van der Waals surface area contributed by atoms with Gasteiger partial charge in [0.25, 0.3) is 5.91 Å². The number of hydrogen-bond donors (Lipinski definition) is 2. The smallest absolute Gasteiger partial charge is 0.282 e. The number of hydroxylamine groups is 1. The molecular weight excluding hydrogens is 400 g/mol. The van der Waals surface area contributed by atoms with Crippen LogP contribution in [0.4, 0.5) is 20.4 Å². The Morgan fingerprint density at radius 1 is 1.33 bits per heavy atom. The second-order valence-corrected chi connectivity index (χ2v) is 7.35. The van der Waals surface area contributed by atoms with Crippen LogP contribution in [-0.4, -0.2) is 58.4 Å². The zero-order valence-electron chi connectivity index (χ0n) is 15.8. The summed E-state index contributed by atoms with van der Waals surface area (Å²) in [6.45, 7) is 0.165. The Bertz CT molecular complexity index is 1070. The van der Waals surface area contributed by atoms with Crippen molar-refractivity contribution in [3.63, 3.8) is 0 Å². The number of carbonyl (C=O) groups excluding carboxylic acids is 1. The van der Waals surface area contributed by atoms with Gasteiger partial charge in [0, 0.05) is 25.1 Å². The highest BCUT2D eigenvalue weighted by Crippen LogP contribution is 2.36. The molecule has 10 nitrogen and oxygen atoms in total. The fraction of sp³-hybridized carbons (Fsp3) is 0.444. The molecule has 3 aliphatic rings. The highest BCUT2D eigenvalue weighted by molar-refractivity contribution is 6.03. The number of aromatic nitrogens is 3. The molecule has 1 unspecified atom stereocenters. The largest absolute Gasteiger partial charge is 0.478 e. The van der Waals surface area contributed by atoms with Crippen LogP contribution in [0.15, 0.2) is 29.3 Å². The molecule has 1 saturated heterocycles. The Morgan fingerprint density at radius 3 is 3.07 bits per heavy atom. The van der Waals surface area contributed by atoms with E-state index in [1.165, 1.54) is 4.52 Å². The quantitative estimate of drug-likeness (QED) is 0.657. The fourth-order valence-corrected chi connectivity index (χ4v) is 4.15. The van der Waals surface area contributed by atoms with Crippen molar-refractivity contribution in [2.24, 2.45) is 10.9 Å². The van der Waals surface area contributed by atoms with Crippen molar-refractivity contribution in [2.45, 2.75) is 25.1 Å². The topological polar surface area (TPSA) is 119 Å². The van der Waals surface area contributed by atoms with E-state index in [0.717, 1.165) is 6.20 Å². The third-order valence-electron chi connectivity index (χ3n) is 5.44. The summed E-state index contributed by atoms with van der Waals surface area (Å²) in [5.41, 5.74) is 8.45. The van der Waals surface area contributed by atoms with Crippen LogP contribution >= 0.6 is 0 Å². The summed E-state index contributed by atoms with van der Waals surface area (Å²) in [4.78, 5) is 28.1. The standard InChI is InChI=1S/C18H19F2N7O3/c19-9-5-11-12-6-10(20)8-26(12)13-1-2-27-16(23-13)14(15(21)24-27)17(28)25-30-4-3-29-18(11)22-7-9/h1-2,7,10-12H,3-6,8H2,(H2,21,24)(H,25,28)/t10-,11?,12+/m0/s1. The number of ether oxygens (including phenoxy) is 1. The van der Waals surface area contributed by atoms with Crippen LogP contribution in [0.2, 0.25) is 0 Å². The summed E-state index contributed by atoms with van der Waals surface area (Å²) >= 11 is 0. The predicted octanol–water partition coefficient (Wildman–Crippen LogP) is 1.15. The molecule has 2 aromatic rings. The summed E-state index contributed by atoms with van der Waals surface area (Å²) in [6.07, 6.45) is 1.80. The van der Waals surface area contributed by atoms with Crippen molar-refractivity contribution in [3.8, 4) is 0 Å². The Labute approximate surface area is 169 Å². The molecule has 2 aromatic heterocycles. The van der Waals surface area contributed by atoms with Gasteiger partial charge in [0.1, 0.15) is 36.6 Å². The van der Waals surface area contributed by atoms with Gasteiger partial charge in [0.15, 0.2) is 17.4 Å². The Kier molecular flexibility index (Phi) is 4.50. The molecule has 1 fully saturated rings. The van der Waals surface area contributed by atoms with Crippen molar-refractivity contribution in [2.75, 3.05) is 30.4 Å². The molecule has 0 aliphatic carbocycles. The van der Waals surface area contributed by atoms with Gasteiger partial charge < -0.3 is 15.4 Å². The minimum absolute atomic E-state index is 0.0145. The van der Waals surface area contributed by atoms with E-state index in [-0.39, 0.29) is 49.6 Å². The number of rotatable bonds is 0. The number of anilines is 2. The molecule has 3 aliphatic heterocycles. The van der Waals surface area contributed by atoms with Gasteiger partial charge in [-0.25, -0.2) is 28.8 Å². The summed E-state index contributed by atoms with van der Waals surface area (Å²) in [5, 5.41) is 4.09. The highest BCUT2D eigenvalue weighted by Gasteiger charge is 2.42. The summed E-state index contributed by atoms with van der Waals surface area (Å²) in [7, 11) is 0. The molecule has 0 radical (unpaired) electrons. The monoisotopic (exact) mass is 419 g/mol. The average molecular weight is 419 g/mol. The first kappa shape index (κ1) is 18.7. The highest BCUT2D eigenvalue weighted by atomic mass is 19.1. The molecule has 12 heteroatoms. The summed E-state index contributed by atoms with van der Waals surface area (Å²) < 4.78 is 35.6. The maximum Gasteiger partial charge on any atom is 0.282 e. The van der Waals surface area contributed by atoms with Crippen molar-refractivity contribution < 1.29 is 23.1 Å². The first-order valence-electron chi connectivity index (χ1n) is 9.54. The molecule has 5 heterocycles. The lowest BCUT2D eigenvalue weighted by Crippen LogP contribution is -2.42. The lowest BCUT2D eigenvalue weighted by atomic mass is 9.91. The number of hydrogen-bond acceptors (Lipinski definition) is 8. The number of amides is 1. The van der Waals surface area contributed by atoms with Crippen LogP contribution in [0, 0.1) is 5.92 Å². The average Bonchev–Trinajstić information content (AvgIpc) is 3.26. The molecule has 3 atom stereocenters. The number of nitrogens with one attached hydrogen (secondary N) is 1. The van der Waals surface area contributed by atoms with Gasteiger partial charge >= 0.3 is 0 Å². The van der Waals surface area contributed by atoms with Crippen LogP contribution in [0.5, 0.6) is 0 Å². The third-order valence-corrected chi connectivity index (χ3v) is 5.44. The van der Waals surface area contributed by atoms with E-state index in [0.29, 0.717) is 11.7 Å². The lowest BCUT2D eigenvalue weighted by molar-refractivity contribution is 0.0176. The number of nitrogen functional groups attached to an aromatic ring is 1. The predicted molar refractivity (Wildman–Crippen MR) is 102 cm³/mol. The van der Waals surface area contributed by atoms with Gasteiger partial charge in [-0.1, -0.05) is 0 Å². The number of aliphatic imine (C=N–C) groups is 1. The second-order valence-electron chi connectivity index (χ2n) is 7.35. The van der Waals surface area contributed by atoms with Gasteiger partial charge in [-0.05, 0) is 6.07 Å². The summed E-state index contributed by atoms with van der Waals surface area (Å²) in [5.74, 6) is -0.770. The van der Waals surface area contributed by atoms with E-state index in [1.54, 1.807) is 17.2 Å². The molecule has 0 spiro atoms. The first-order valence-corrected chi connectivity index (χ1v) is 9.54. The fourth-order valence-electron chi connectivity index (χ4n) is 4.15. The molecule has 0 aromatic carbocycles. The maximum absolute atomic E-state index is 14.5. The SMILES string of the molecule is Nc1nn2ccc3nc2c1C(=O)NOCCOC1=NC=C(F)CC1[C@H]1C[C@H](F)CN31. The molecule has 3 N–H and O–H groups in total. The van der Waals surface area contributed by atoms with E-state index in [4.69, 9.17) is 15.3 Å². The first-order chi connectivity index (χ1) is 14.5. The zero-order chi connectivity index (χ0) is 20.8. The van der Waals surface area contributed by atoms with Gasteiger partial charge in [0.05, 0.1) is 18.7 Å². The van der Waals surface area contributed by atoms with Crippen LogP contribution in [0.1, 0.15) is 23.2 Å². The van der Waals surface area contributed by atoms with Gasteiger partial charge in [-0.2, -0.15) is 0 Å². The van der Waals surface area contributed by atoms with E-state index in [9.17, 15) is 13.6 Å². The number of fused-ring (bicyclic) bond motifs is 5. The van der Waals surface area contributed by atoms with E-state index >= 15 is 0 Å². The normalized spacial score (nSPS) is 26.9. The Morgan fingerprint density at radius 2 is 2.20 bits per heavy atom. The van der Waals surface area contributed by atoms with E-state index < -0.39 is 29.9 Å². The minimum Gasteiger partial charge on any atom is -0.478 e. The van der Waals surface area contributed by atoms with Crippen molar-refractivity contribution in [1.82, 2.24) is 20.1 Å². The number of nitrogens with zero attached hydrogens (tertiary/aromatic N) is 5. The second kappa shape index (κ2) is 7.20. The molecule has 30 heavy (non-hydrogen) atoms. The Balaban J connectivity index is 1.62. The Hall–Kier alpha value is -3.28. The number of halogens is 2. The molecule has 0 saturated carbocycles. The van der Waals surface area contributed by atoms with Crippen LogP contribution in [-0.2, 0) is 9.57 Å². The van der Waals surface area contributed by atoms with Crippen LogP contribution in [0.3, 0.4) is 0 Å².